The van der Waals surface area contributed by atoms with Crippen LogP contribution in [0.15, 0.2) is 35.9 Å². The molecule has 31 heavy (non-hydrogen) atoms. The maximum absolute atomic E-state index is 13.1. The van der Waals surface area contributed by atoms with Crippen LogP contribution in [0.3, 0.4) is 0 Å². The van der Waals surface area contributed by atoms with Gasteiger partial charge in [0.1, 0.15) is 40.8 Å². The molecule has 4 rings (SSSR count). The molecule has 2 aliphatic rings. The quantitative estimate of drug-likeness (QED) is 0.630. The molecule has 164 valence electrons. The number of hydrogen-bond acceptors (Lipinski definition) is 6. The molecule has 2 aromatic rings. The number of aliphatic hydroxyl groups is 1. The van der Waals surface area contributed by atoms with Crippen molar-refractivity contribution in [1.29, 1.82) is 0 Å². The van der Waals surface area contributed by atoms with Crippen LogP contribution in [0.5, 0.6) is 23.0 Å². The third-order valence-corrected chi connectivity index (χ3v) is 5.90. The normalized spacial score (nSPS) is 19.8. The van der Waals surface area contributed by atoms with Crippen molar-refractivity contribution in [1.82, 2.24) is 0 Å². The summed E-state index contributed by atoms with van der Waals surface area (Å²) < 4.78 is 12.4. The van der Waals surface area contributed by atoms with E-state index in [1.807, 2.05) is 19.9 Å². The van der Waals surface area contributed by atoms with Crippen molar-refractivity contribution in [2.45, 2.75) is 64.8 Å². The number of ether oxygens (including phenoxy) is 2. The van der Waals surface area contributed by atoms with E-state index in [0.29, 0.717) is 35.5 Å². The number of aromatic hydroxyl groups is 2. The first kappa shape index (κ1) is 21.2. The highest BCUT2D eigenvalue weighted by atomic mass is 16.5. The number of rotatable bonds is 4. The molecule has 0 aliphatic carbocycles. The van der Waals surface area contributed by atoms with Crippen LogP contribution in [0, 0.1) is 0 Å². The highest BCUT2D eigenvalue weighted by Gasteiger charge is 2.42. The molecule has 0 fully saturated rings. The largest absolute Gasteiger partial charge is 0.508 e. The van der Waals surface area contributed by atoms with Gasteiger partial charge in [0.25, 0.3) is 0 Å². The Hall–Kier alpha value is -2.99. The number of Topliss-reactive ketones (excluding diaryl/α,β-unsaturated/α-hetero) is 1. The number of benzene rings is 2. The van der Waals surface area contributed by atoms with Crippen LogP contribution in [0.1, 0.15) is 67.3 Å². The van der Waals surface area contributed by atoms with Crippen LogP contribution < -0.4 is 9.47 Å². The fourth-order valence-corrected chi connectivity index (χ4v) is 4.11. The van der Waals surface area contributed by atoms with E-state index in [1.54, 1.807) is 38.1 Å². The molecule has 0 radical (unpaired) electrons. The number of phenolic OH excluding ortho intramolecular Hbond substituents is 2. The molecule has 0 spiro atoms. The fourth-order valence-electron chi connectivity index (χ4n) is 4.11. The van der Waals surface area contributed by atoms with E-state index in [-0.39, 0.29) is 29.3 Å². The summed E-state index contributed by atoms with van der Waals surface area (Å²) in [5.74, 6) is 0.633. The topological polar surface area (TPSA) is 96.2 Å². The van der Waals surface area contributed by atoms with E-state index in [4.69, 9.17) is 9.47 Å². The molecule has 2 atom stereocenters. The molecule has 6 nitrogen and oxygen atoms in total. The van der Waals surface area contributed by atoms with Crippen LogP contribution in [0.4, 0.5) is 0 Å². The first-order valence-corrected chi connectivity index (χ1v) is 10.5. The summed E-state index contributed by atoms with van der Waals surface area (Å²) in [4.78, 5) is 13.1. The lowest BCUT2D eigenvalue weighted by atomic mass is 9.88. The Balaban J connectivity index is 1.85. The van der Waals surface area contributed by atoms with E-state index in [2.05, 4.69) is 0 Å². The summed E-state index contributed by atoms with van der Waals surface area (Å²) in [5, 5.41) is 31.1. The molecule has 2 aliphatic heterocycles. The van der Waals surface area contributed by atoms with Crippen molar-refractivity contribution in [3.05, 3.63) is 58.2 Å². The van der Waals surface area contributed by atoms with Gasteiger partial charge in [-0.05, 0) is 51.8 Å². The molecular formula is C25H28O6. The molecule has 2 heterocycles. The zero-order valence-electron chi connectivity index (χ0n) is 18.2. The molecular weight excluding hydrogens is 396 g/mol. The lowest BCUT2D eigenvalue weighted by molar-refractivity contribution is -0.0233. The summed E-state index contributed by atoms with van der Waals surface area (Å²) >= 11 is 0. The lowest BCUT2D eigenvalue weighted by Crippen LogP contribution is -2.39. The highest BCUT2D eigenvalue weighted by molar-refractivity contribution is 6.04. The lowest BCUT2D eigenvalue weighted by Gasteiger charge is -2.29. The number of carbonyl (C=O) groups is 1. The second-order valence-corrected chi connectivity index (χ2v) is 9.11. The molecule has 6 heteroatoms. The molecule has 2 aromatic carbocycles. The third-order valence-electron chi connectivity index (χ3n) is 5.90. The Kier molecular flexibility index (Phi) is 5.21. The first-order valence-electron chi connectivity index (χ1n) is 10.5. The van der Waals surface area contributed by atoms with Gasteiger partial charge < -0.3 is 24.8 Å². The summed E-state index contributed by atoms with van der Waals surface area (Å²) in [6.07, 6.45) is 1.82. The second-order valence-electron chi connectivity index (χ2n) is 9.11. The zero-order valence-corrected chi connectivity index (χ0v) is 18.2. The minimum atomic E-state index is -1.11. The summed E-state index contributed by atoms with van der Waals surface area (Å²) in [6.45, 7) is 7.30. The van der Waals surface area contributed by atoms with Gasteiger partial charge in [0.2, 0.25) is 0 Å². The van der Waals surface area contributed by atoms with Crippen molar-refractivity contribution < 1.29 is 29.6 Å². The summed E-state index contributed by atoms with van der Waals surface area (Å²) in [6, 6.07) is 6.56. The number of carbonyl (C=O) groups excluding carboxylic acids is 1. The number of ketones is 1. The van der Waals surface area contributed by atoms with Crippen LogP contribution in [0.25, 0.3) is 0 Å². The standard InChI is InChI=1S/C25H28O6/c1-13(2)5-10-16-23-17(11-20(31-23)25(3,4)29)22(28)21-18(27)12-19(30-24(16)21)14-6-8-15(26)9-7-14/h5-9,19-20,26,28-29H,10-12H2,1-4H3/t19-,20-/m1/s1. The van der Waals surface area contributed by atoms with Gasteiger partial charge in [-0.1, -0.05) is 23.8 Å². The number of allylic oxidation sites excluding steroid dienone is 2. The Bertz CT molecular complexity index is 1060. The maximum atomic E-state index is 13.1. The predicted molar refractivity (Wildman–Crippen MR) is 116 cm³/mol. The van der Waals surface area contributed by atoms with Crippen LogP contribution in [-0.4, -0.2) is 32.8 Å². The van der Waals surface area contributed by atoms with Gasteiger partial charge in [-0.3, -0.25) is 4.79 Å². The molecule has 0 saturated heterocycles. The average molecular weight is 424 g/mol. The summed E-state index contributed by atoms with van der Waals surface area (Å²) in [7, 11) is 0. The summed E-state index contributed by atoms with van der Waals surface area (Å²) in [5.41, 5.74) is 2.19. The average Bonchev–Trinajstić information content (AvgIpc) is 3.14. The van der Waals surface area contributed by atoms with E-state index in [1.165, 1.54) is 0 Å². The van der Waals surface area contributed by atoms with Gasteiger partial charge in [0.05, 0.1) is 12.0 Å². The Morgan fingerprint density at radius 3 is 2.39 bits per heavy atom. The third kappa shape index (κ3) is 3.88. The van der Waals surface area contributed by atoms with Gasteiger partial charge in [-0.25, -0.2) is 0 Å². The van der Waals surface area contributed by atoms with Crippen molar-refractivity contribution >= 4 is 5.78 Å². The minimum absolute atomic E-state index is 0.0853. The SMILES string of the molecule is CC(C)=CCc1c2c(c(O)c3c1O[C@@H](c1ccc(O)cc1)CC3=O)C[C@H](C(C)(C)O)O2. The molecule has 3 N–H and O–H groups in total. The van der Waals surface area contributed by atoms with Gasteiger partial charge in [-0.2, -0.15) is 0 Å². The Morgan fingerprint density at radius 2 is 1.77 bits per heavy atom. The van der Waals surface area contributed by atoms with Crippen molar-refractivity contribution in [3.8, 4) is 23.0 Å². The van der Waals surface area contributed by atoms with E-state index in [9.17, 15) is 20.1 Å². The van der Waals surface area contributed by atoms with Gasteiger partial charge in [0, 0.05) is 17.5 Å². The molecule has 0 aromatic heterocycles. The van der Waals surface area contributed by atoms with E-state index < -0.39 is 17.8 Å². The predicted octanol–water partition coefficient (Wildman–Crippen LogP) is 4.39. The van der Waals surface area contributed by atoms with Gasteiger partial charge >= 0.3 is 0 Å². The second kappa shape index (κ2) is 7.61. The first-order chi connectivity index (χ1) is 14.6. The molecule has 0 amide bonds. The van der Waals surface area contributed by atoms with Crippen LogP contribution >= 0.6 is 0 Å². The molecule has 0 unspecified atom stereocenters. The Morgan fingerprint density at radius 1 is 1.10 bits per heavy atom. The van der Waals surface area contributed by atoms with Gasteiger partial charge in [-0.15, -0.1) is 0 Å². The molecule has 0 bridgehead atoms. The van der Waals surface area contributed by atoms with Gasteiger partial charge in [0.15, 0.2) is 5.78 Å². The van der Waals surface area contributed by atoms with Crippen molar-refractivity contribution in [2.24, 2.45) is 0 Å². The highest BCUT2D eigenvalue weighted by Crippen LogP contribution is 2.52. The minimum Gasteiger partial charge on any atom is -0.508 e. The van der Waals surface area contributed by atoms with Crippen molar-refractivity contribution in [3.63, 3.8) is 0 Å². The fraction of sp³-hybridized carbons (Fsp3) is 0.400. The van der Waals surface area contributed by atoms with Crippen molar-refractivity contribution in [2.75, 3.05) is 0 Å². The molecule has 0 saturated carbocycles. The monoisotopic (exact) mass is 424 g/mol. The van der Waals surface area contributed by atoms with Crippen LogP contribution in [-0.2, 0) is 12.8 Å². The number of phenols is 2. The zero-order chi connectivity index (χ0) is 22.5. The number of hydrogen-bond donors (Lipinski definition) is 3. The number of fused-ring (bicyclic) bond motifs is 2. The Labute approximate surface area is 181 Å². The smallest absolute Gasteiger partial charge is 0.174 e. The van der Waals surface area contributed by atoms with Crippen LogP contribution in [0.2, 0.25) is 0 Å². The van der Waals surface area contributed by atoms with E-state index >= 15 is 0 Å². The maximum Gasteiger partial charge on any atom is 0.174 e. The van der Waals surface area contributed by atoms with E-state index in [0.717, 1.165) is 11.1 Å².